The SMILES string of the molecule is COc1ccc(C(O)c2cnc(CO)nc2)cc1-c1cccc(Cl)c1. The first-order chi connectivity index (χ1) is 12.1. The van der Waals surface area contributed by atoms with Gasteiger partial charge < -0.3 is 14.9 Å². The van der Waals surface area contributed by atoms with E-state index in [9.17, 15) is 5.11 Å². The normalized spacial score (nSPS) is 12.0. The second kappa shape index (κ2) is 7.61. The highest BCUT2D eigenvalue weighted by atomic mass is 35.5. The van der Waals surface area contributed by atoms with E-state index in [0.717, 1.165) is 11.1 Å². The molecular weight excluding hydrogens is 340 g/mol. The van der Waals surface area contributed by atoms with Gasteiger partial charge in [0.1, 0.15) is 18.5 Å². The van der Waals surface area contributed by atoms with E-state index in [2.05, 4.69) is 9.97 Å². The van der Waals surface area contributed by atoms with Crippen molar-refractivity contribution in [3.63, 3.8) is 0 Å². The van der Waals surface area contributed by atoms with Crippen LogP contribution in [0.4, 0.5) is 0 Å². The van der Waals surface area contributed by atoms with Crippen molar-refractivity contribution in [3.8, 4) is 16.9 Å². The molecule has 0 amide bonds. The Kier molecular flexibility index (Phi) is 5.28. The lowest BCUT2D eigenvalue weighted by Crippen LogP contribution is -2.04. The zero-order valence-electron chi connectivity index (χ0n) is 13.6. The summed E-state index contributed by atoms with van der Waals surface area (Å²) in [6, 6.07) is 12.9. The number of aromatic nitrogens is 2. The third-order valence-electron chi connectivity index (χ3n) is 3.86. The van der Waals surface area contributed by atoms with Crippen molar-refractivity contribution in [1.82, 2.24) is 9.97 Å². The quantitative estimate of drug-likeness (QED) is 0.733. The van der Waals surface area contributed by atoms with Crippen LogP contribution >= 0.6 is 11.6 Å². The molecule has 0 aliphatic heterocycles. The molecule has 3 rings (SSSR count). The van der Waals surface area contributed by atoms with E-state index < -0.39 is 6.10 Å². The van der Waals surface area contributed by atoms with E-state index in [-0.39, 0.29) is 6.61 Å². The maximum atomic E-state index is 10.6. The monoisotopic (exact) mass is 356 g/mol. The van der Waals surface area contributed by atoms with Crippen LogP contribution in [0.15, 0.2) is 54.9 Å². The van der Waals surface area contributed by atoms with E-state index in [1.807, 2.05) is 24.3 Å². The first-order valence-corrected chi connectivity index (χ1v) is 8.04. The molecule has 2 N–H and O–H groups in total. The molecule has 0 saturated heterocycles. The molecule has 5 nitrogen and oxygen atoms in total. The minimum Gasteiger partial charge on any atom is -0.496 e. The second-order valence-electron chi connectivity index (χ2n) is 5.46. The summed E-state index contributed by atoms with van der Waals surface area (Å²) in [7, 11) is 1.60. The number of aliphatic hydroxyl groups excluding tert-OH is 2. The van der Waals surface area contributed by atoms with Crippen LogP contribution in [0.25, 0.3) is 11.1 Å². The Bertz CT molecular complexity index is 869. The zero-order valence-corrected chi connectivity index (χ0v) is 14.3. The average molecular weight is 357 g/mol. The Labute approximate surface area is 150 Å². The Morgan fingerprint density at radius 2 is 1.84 bits per heavy atom. The number of nitrogens with zero attached hydrogens (tertiary/aromatic N) is 2. The lowest BCUT2D eigenvalue weighted by Gasteiger charge is -2.15. The first-order valence-electron chi connectivity index (χ1n) is 7.66. The summed E-state index contributed by atoms with van der Waals surface area (Å²) in [4.78, 5) is 8.01. The van der Waals surface area contributed by atoms with Gasteiger partial charge in [-0.15, -0.1) is 0 Å². The third-order valence-corrected chi connectivity index (χ3v) is 4.09. The molecule has 128 valence electrons. The van der Waals surface area contributed by atoms with Gasteiger partial charge in [0.2, 0.25) is 0 Å². The summed E-state index contributed by atoms with van der Waals surface area (Å²) in [6.45, 7) is -0.238. The highest BCUT2D eigenvalue weighted by Crippen LogP contribution is 2.34. The molecular formula is C19H17ClN2O3. The number of aliphatic hydroxyl groups is 2. The first kappa shape index (κ1) is 17.4. The third kappa shape index (κ3) is 3.79. The van der Waals surface area contributed by atoms with Gasteiger partial charge in [0.15, 0.2) is 5.82 Å². The predicted octanol–water partition coefficient (Wildman–Crippen LogP) is 3.38. The summed E-state index contributed by atoms with van der Waals surface area (Å²) >= 11 is 6.09. The molecule has 6 heteroatoms. The van der Waals surface area contributed by atoms with Crippen molar-refractivity contribution >= 4 is 11.6 Å². The summed E-state index contributed by atoms with van der Waals surface area (Å²) < 4.78 is 5.43. The van der Waals surface area contributed by atoms with Gasteiger partial charge in [0.25, 0.3) is 0 Å². The molecule has 0 bridgehead atoms. The van der Waals surface area contributed by atoms with Crippen molar-refractivity contribution in [2.24, 2.45) is 0 Å². The van der Waals surface area contributed by atoms with Crippen LogP contribution in [0.3, 0.4) is 0 Å². The van der Waals surface area contributed by atoms with Gasteiger partial charge >= 0.3 is 0 Å². The summed E-state index contributed by atoms with van der Waals surface area (Å²) in [5.74, 6) is 0.996. The van der Waals surface area contributed by atoms with Gasteiger partial charge in [-0.05, 0) is 35.4 Å². The minimum atomic E-state index is -0.892. The molecule has 2 aromatic carbocycles. The van der Waals surface area contributed by atoms with Gasteiger partial charge in [-0.3, -0.25) is 0 Å². The molecule has 1 aromatic heterocycles. The average Bonchev–Trinajstić information content (AvgIpc) is 2.67. The fraction of sp³-hybridized carbons (Fsp3) is 0.158. The minimum absolute atomic E-state index is 0.238. The topological polar surface area (TPSA) is 75.5 Å². The van der Waals surface area contributed by atoms with Gasteiger partial charge in [0, 0.05) is 28.5 Å². The van der Waals surface area contributed by atoms with Crippen LogP contribution in [-0.4, -0.2) is 27.3 Å². The number of rotatable bonds is 5. The Morgan fingerprint density at radius 3 is 2.48 bits per heavy atom. The molecule has 0 aliphatic rings. The molecule has 1 heterocycles. The Morgan fingerprint density at radius 1 is 1.08 bits per heavy atom. The van der Waals surface area contributed by atoms with E-state index in [1.54, 1.807) is 25.3 Å². The lowest BCUT2D eigenvalue weighted by atomic mass is 9.97. The molecule has 3 aromatic rings. The Hall–Kier alpha value is -2.47. The van der Waals surface area contributed by atoms with Gasteiger partial charge in [-0.25, -0.2) is 9.97 Å². The number of halogens is 1. The highest BCUT2D eigenvalue weighted by Gasteiger charge is 2.15. The standard InChI is InChI=1S/C19H17ClN2O3/c1-25-17-6-5-13(8-16(17)12-3-2-4-15(20)7-12)19(24)14-9-21-18(11-23)22-10-14/h2-10,19,23-24H,11H2,1H3. The van der Waals surface area contributed by atoms with E-state index in [0.29, 0.717) is 27.7 Å². The molecule has 1 atom stereocenters. The maximum Gasteiger partial charge on any atom is 0.153 e. The summed E-state index contributed by atoms with van der Waals surface area (Å²) in [5, 5.41) is 20.3. The van der Waals surface area contributed by atoms with Crippen LogP contribution < -0.4 is 4.74 Å². The Balaban J connectivity index is 2.00. The van der Waals surface area contributed by atoms with Crippen LogP contribution in [0.5, 0.6) is 5.75 Å². The van der Waals surface area contributed by atoms with Crippen LogP contribution in [-0.2, 0) is 6.61 Å². The molecule has 0 radical (unpaired) electrons. The maximum absolute atomic E-state index is 10.6. The predicted molar refractivity (Wildman–Crippen MR) is 95.5 cm³/mol. The van der Waals surface area contributed by atoms with Crippen LogP contribution in [0, 0.1) is 0 Å². The van der Waals surface area contributed by atoms with Crippen molar-refractivity contribution in [2.45, 2.75) is 12.7 Å². The van der Waals surface area contributed by atoms with Crippen molar-refractivity contribution in [3.05, 3.63) is 76.8 Å². The fourth-order valence-corrected chi connectivity index (χ4v) is 2.75. The van der Waals surface area contributed by atoms with Gasteiger partial charge in [-0.2, -0.15) is 0 Å². The number of methoxy groups -OCH3 is 1. The summed E-state index contributed by atoms with van der Waals surface area (Å²) in [6.07, 6.45) is 2.12. The van der Waals surface area contributed by atoms with Crippen molar-refractivity contribution in [1.29, 1.82) is 0 Å². The number of ether oxygens (including phenoxy) is 1. The molecule has 1 unspecified atom stereocenters. The van der Waals surface area contributed by atoms with Gasteiger partial charge in [0.05, 0.1) is 7.11 Å². The molecule has 0 fully saturated rings. The zero-order chi connectivity index (χ0) is 17.8. The van der Waals surface area contributed by atoms with E-state index >= 15 is 0 Å². The highest BCUT2D eigenvalue weighted by molar-refractivity contribution is 6.30. The van der Waals surface area contributed by atoms with Gasteiger partial charge in [-0.1, -0.05) is 29.8 Å². The van der Waals surface area contributed by atoms with Crippen LogP contribution in [0.1, 0.15) is 23.1 Å². The van der Waals surface area contributed by atoms with Crippen LogP contribution in [0.2, 0.25) is 5.02 Å². The smallest absolute Gasteiger partial charge is 0.153 e. The fourth-order valence-electron chi connectivity index (χ4n) is 2.56. The number of hydrogen-bond donors (Lipinski definition) is 2. The number of benzene rings is 2. The molecule has 0 spiro atoms. The molecule has 0 saturated carbocycles. The van der Waals surface area contributed by atoms with E-state index in [4.69, 9.17) is 21.4 Å². The number of hydrogen-bond acceptors (Lipinski definition) is 5. The second-order valence-corrected chi connectivity index (χ2v) is 5.90. The molecule has 0 aliphatic carbocycles. The van der Waals surface area contributed by atoms with Crippen molar-refractivity contribution in [2.75, 3.05) is 7.11 Å². The van der Waals surface area contributed by atoms with Crippen molar-refractivity contribution < 1.29 is 14.9 Å². The largest absolute Gasteiger partial charge is 0.496 e. The molecule has 25 heavy (non-hydrogen) atoms. The summed E-state index contributed by atoms with van der Waals surface area (Å²) in [5.41, 5.74) is 2.94. The lowest BCUT2D eigenvalue weighted by molar-refractivity contribution is 0.218. The van der Waals surface area contributed by atoms with E-state index in [1.165, 1.54) is 12.4 Å².